The van der Waals surface area contributed by atoms with Crippen molar-refractivity contribution < 1.29 is 0 Å². The van der Waals surface area contributed by atoms with E-state index < -0.39 is 0 Å². The molecular formula is C47H68N2. The molecular weight excluding hydrogens is 593 g/mol. The van der Waals surface area contributed by atoms with Crippen molar-refractivity contribution in [2.45, 2.75) is 168 Å². The van der Waals surface area contributed by atoms with Crippen LogP contribution in [0.1, 0.15) is 179 Å². The average molecular weight is 661 g/mol. The van der Waals surface area contributed by atoms with E-state index in [1.54, 1.807) is 0 Å². The number of rotatable bonds is 21. The van der Waals surface area contributed by atoms with Gasteiger partial charge in [0.25, 0.3) is 0 Å². The summed E-state index contributed by atoms with van der Waals surface area (Å²) in [6.45, 7) is 16.4. The lowest BCUT2D eigenvalue weighted by Gasteiger charge is -2.27. The zero-order valence-electron chi connectivity index (χ0n) is 32.4. The van der Waals surface area contributed by atoms with Gasteiger partial charge in [-0.05, 0) is 82.5 Å². The van der Waals surface area contributed by atoms with Crippen molar-refractivity contribution in [3.8, 4) is 0 Å². The van der Waals surface area contributed by atoms with Gasteiger partial charge in [0, 0.05) is 6.42 Å². The highest BCUT2D eigenvalue weighted by Gasteiger charge is 2.29. The van der Waals surface area contributed by atoms with E-state index >= 15 is 0 Å². The van der Waals surface area contributed by atoms with Crippen LogP contribution in [-0.2, 0) is 17.3 Å². The molecule has 2 nitrogen and oxygen atoms in total. The van der Waals surface area contributed by atoms with Crippen molar-refractivity contribution in [2.24, 2.45) is 5.10 Å². The molecule has 0 N–H and O–H groups in total. The van der Waals surface area contributed by atoms with Crippen LogP contribution in [0.15, 0.2) is 84.0 Å². The molecule has 0 saturated carbocycles. The Kier molecular flexibility index (Phi) is 15.2. The molecule has 0 bridgehead atoms. The number of benzene rings is 3. The molecule has 0 saturated heterocycles. The Morgan fingerprint density at radius 1 is 0.592 bits per heavy atom. The molecule has 2 heteroatoms. The van der Waals surface area contributed by atoms with Gasteiger partial charge in [0.15, 0.2) is 0 Å². The first-order chi connectivity index (χ1) is 23.7. The molecule has 1 atom stereocenters. The van der Waals surface area contributed by atoms with Crippen LogP contribution in [0.3, 0.4) is 0 Å². The smallest absolute Gasteiger partial charge is 0.0831 e. The van der Waals surface area contributed by atoms with Crippen molar-refractivity contribution in [3.05, 3.63) is 107 Å². The molecule has 1 aliphatic heterocycles. The van der Waals surface area contributed by atoms with Crippen LogP contribution in [0.2, 0.25) is 0 Å². The maximum atomic E-state index is 5.25. The summed E-state index contributed by atoms with van der Waals surface area (Å²) in [6, 6.07) is 28.1. The first-order valence-corrected chi connectivity index (χ1v) is 20.0. The van der Waals surface area contributed by atoms with Gasteiger partial charge >= 0.3 is 0 Å². The topological polar surface area (TPSA) is 15.6 Å². The standard InChI is InChI=1S/C47H68N2/c1-8-11-14-15-16-17-20-38-24-33-44(34-25-38)49-45(40-26-30-42(31-27-40)47(6,7)36-19-13-10-3)37-43(48-49)32-23-39-21-28-41(29-22-39)46(4,5)35-18-12-9-2/h21-34,45H,8-20,35-37H2,1-7H3. The van der Waals surface area contributed by atoms with E-state index in [1.165, 1.54) is 123 Å². The van der Waals surface area contributed by atoms with E-state index in [1.807, 2.05) is 0 Å². The van der Waals surface area contributed by atoms with E-state index in [-0.39, 0.29) is 16.9 Å². The molecule has 1 aliphatic rings. The Balaban J connectivity index is 1.50. The Bertz CT molecular complexity index is 1420. The summed E-state index contributed by atoms with van der Waals surface area (Å²) in [5.41, 5.74) is 9.60. The normalized spacial score (nSPS) is 15.4. The fourth-order valence-corrected chi connectivity index (χ4v) is 7.37. The molecule has 1 heterocycles. The summed E-state index contributed by atoms with van der Waals surface area (Å²) in [4.78, 5) is 0. The molecule has 0 radical (unpaired) electrons. The lowest BCUT2D eigenvalue weighted by atomic mass is 9.79. The SMILES string of the molecule is CCCCCCCCc1ccc(N2N=C(C=Cc3ccc(C(C)(C)CCCCC)cc3)CC2c2ccc(C(C)(C)CCCCC)cc2)cc1. The summed E-state index contributed by atoms with van der Waals surface area (Å²) in [7, 11) is 0. The van der Waals surface area contributed by atoms with Crippen molar-refractivity contribution in [2.75, 3.05) is 5.01 Å². The fourth-order valence-electron chi connectivity index (χ4n) is 7.37. The first kappa shape index (κ1) is 38.7. The van der Waals surface area contributed by atoms with E-state index in [0.717, 1.165) is 18.6 Å². The number of anilines is 1. The first-order valence-electron chi connectivity index (χ1n) is 20.0. The van der Waals surface area contributed by atoms with Crippen LogP contribution < -0.4 is 5.01 Å². The molecule has 0 aliphatic carbocycles. The summed E-state index contributed by atoms with van der Waals surface area (Å²) >= 11 is 0. The molecule has 0 amide bonds. The van der Waals surface area contributed by atoms with Crippen LogP contribution in [0.25, 0.3) is 6.08 Å². The van der Waals surface area contributed by atoms with Gasteiger partial charge in [0.2, 0.25) is 0 Å². The second-order valence-corrected chi connectivity index (χ2v) is 16.1. The second-order valence-electron chi connectivity index (χ2n) is 16.1. The minimum atomic E-state index is 0.188. The number of nitrogens with zero attached hydrogens (tertiary/aromatic N) is 2. The molecule has 0 spiro atoms. The van der Waals surface area contributed by atoms with Gasteiger partial charge in [-0.3, -0.25) is 5.01 Å². The third kappa shape index (κ3) is 11.7. The lowest BCUT2D eigenvalue weighted by molar-refractivity contribution is 0.450. The van der Waals surface area contributed by atoms with Gasteiger partial charge in [-0.15, -0.1) is 0 Å². The second kappa shape index (κ2) is 19.3. The summed E-state index contributed by atoms with van der Waals surface area (Å²) < 4.78 is 0. The molecule has 49 heavy (non-hydrogen) atoms. The summed E-state index contributed by atoms with van der Waals surface area (Å²) in [6.07, 6.45) is 24.8. The predicted octanol–water partition coefficient (Wildman–Crippen LogP) is 14.3. The summed E-state index contributed by atoms with van der Waals surface area (Å²) in [5.74, 6) is 0. The van der Waals surface area contributed by atoms with Gasteiger partial charge in [0.1, 0.15) is 0 Å². The summed E-state index contributed by atoms with van der Waals surface area (Å²) in [5, 5.41) is 7.52. The number of unbranched alkanes of at least 4 members (excludes halogenated alkanes) is 9. The van der Waals surface area contributed by atoms with Crippen LogP contribution in [-0.4, -0.2) is 5.71 Å². The maximum Gasteiger partial charge on any atom is 0.0831 e. The average Bonchev–Trinajstić information content (AvgIpc) is 3.54. The molecule has 1 unspecified atom stereocenters. The van der Waals surface area contributed by atoms with Crippen molar-refractivity contribution in [1.29, 1.82) is 0 Å². The number of hydrogen-bond donors (Lipinski definition) is 0. The fraction of sp³-hybridized carbons (Fsp3) is 0.553. The number of hydrogen-bond acceptors (Lipinski definition) is 2. The Morgan fingerprint density at radius 2 is 1.10 bits per heavy atom. The largest absolute Gasteiger partial charge is 0.257 e. The maximum absolute atomic E-state index is 5.25. The Hall–Kier alpha value is -3.13. The van der Waals surface area contributed by atoms with Gasteiger partial charge in [-0.1, -0.05) is 186 Å². The third-order valence-electron chi connectivity index (χ3n) is 11.0. The van der Waals surface area contributed by atoms with Crippen LogP contribution in [0, 0.1) is 0 Å². The number of allylic oxidation sites excluding steroid dienone is 1. The molecule has 0 fully saturated rings. The van der Waals surface area contributed by atoms with Crippen molar-refractivity contribution >= 4 is 17.5 Å². The van der Waals surface area contributed by atoms with Crippen molar-refractivity contribution in [1.82, 2.24) is 0 Å². The minimum absolute atomic E-state index is 0.188. The van der Waals surface area contributed by atoms with E-state index in [0.29, 0.717) is 0 Å². The molecule has 4 rings (SSSR count). The van der Waals surface area contributed by atoms with E-state index in [9.17, 15) is 0 Å². The van der Waals surface area contributed by atoms with Crippen LogP contribution in [0.5, 0.6) is 0 Å². The molecule has 266 valence electrons. The van der Waals surface area contributed by atoms with E-state index in [2.05, 4.69) is 138 Å². The highest BCUT2D eigenvalue weighted by molar-refractivity contribution is 6.01. The van der Waals surface area contributed by atoms with Crippen LogP contribution in [0.4, 0.5) is 5.69 Å². The molecule has 3 aromatic rings. The molecule has 3 aromatic carbocycles. The highest BCUT2D eigenvalue weighted by atomic mass is 15.5. The van der Waals surface area contributed by atoms with Crippen LogP contribution >= 0.6 is 0 Å². The predicted molar refractivity (Wildman–Crippen MR) is 217 cm³/mol. The van der Waals surface area contributed by atoms with Crippen molar-refractivity contribution in [3.63, 3.8) is 0 Å². The molecule has 0 aromatic heterocycles. The van der Waals surface area contributed by atoms with Gasteiger partial charge < -0.3 is 0 Å². The van der Waals surface area contributed by atoms with Gasteiger partial charge in [-0.2, -0.15) is 5.10 Å². The van der Waals surface area contributed by atoms with Gasteiger partial charge in [0.05, 0.1) is 17.4 Å². The quantitative estimate of drug-likeness (QED) is 0.104. The Labute approximate surface area is 301 Å². The van der Waals surface area contributed by atoms with Gasteiger partial charge in [-0.25, -0.2) is 0 Å². The Morgan fingerprint density at radius 3 is 1.67 bits per heavy atom. The lowest BCUT2D eigenvalue weighted by Crippen LogP contribution is -2.20. The minimum Gasteiger partial charge on any atom is -0.257 e. The third-order valence-corrected chi connectivity index (χ3v) is 11.0. The number of hydrazone groups is 1. The zero-order valence-corrected chi connectivity index (χ0v) is 32.4. The highest BCUT2D eigenvalue weighted by Crippen LogP contribution is 2.38. The zero-order chi connectivity index (χ0) is 35.1. The number of aryl methyl sites for hydroxylation is 1. The monoisotopic (exact) mass is 661 g/mol. The van der Waals surface area contributed by atoms with E-state index in [4.69, 9.17) is 5.10 Å².